The fourth-order valence-electron chi connectivity index (χ4n) is 3.07. The van der Waals surface area contributed by atoms with Crippen molar-refractivity contribution >= 4 is 5.96 Å². The van der Waals surface area contributed by atoms with Crippen LogP contribution in [0.4, 0.5) is 0 Å². The summed E-state index contributed by atoms with van der Waals surface area (Å²) >= 11 is 0. The van der Waals surface area contributed by atoms with Gasteiger partial charge in [0.1, 0.15) is 0 Å². The molecule has 0 fully saturated rings. The first-order valence-electron chi connectivity index (χ1n) is 10.5. The molecule has 0 saturated carbocycles. The summed E-state index contributed by atoms with van der Waals surface area (Å²) in [5.41, 5.74) is 2.57. The Morgan fingerprint density at radius 1 is 1.04 bits per heavy atom. The second kappa shape index (κ2) is 13.6. The van der Waals surface area contributed by atoms with Crippen molar-refractivity contribution in [2.24, 2.45) is 4.99 Å². The van der Waals surface area contributed by atoms with E-state index in [0.29, 0.717) is 12.6 Å². The van der Waals surface area contributed by atoms with E-state index in [0.717, 1.165) is 38.6 Å². The van der Waals surface area contributed by atoms with Gasteiger partial charge in [-0.2, -0.15) is 0 Å². The van der Waals surface area contributed by atoms with Crippen LogP contribution in [-0.2, 0) is 13.1 Å². The monoisotopic (exact) mass is 375 g/mol. The summed E-state index contributed by atoms with van der Waals surface area (Å²) in [6.07, 6.45) is 2.36. The minimum Gasteiger partial charge on any atom is -0.357 e. The molecular formula is C22H41N5. The number of guanidine groups is 1. The molecule has 0 heterocycles. The predicted octanol–water partition coefficient (Wildman–Crippen LogP) is 3.31. The fraction of sp³-hybridized carbons (Fsp3) is 0.682. The number of hydrogen-bond donors (Lipinski definition) is 2. The average Bonchev–Trinajstić information content (AvgIpc) is 2.64. The van der Waals surface area contributed by atoms with Gasteiger partial charge in [0.25, 0.3) is 0 Å². The molecule has 0 aliphatic rings. The Hall–Kier alpha value is -1.59. The first kappa shape index (κ1) is 23.4. The summed E-state index contributed by atoms with van der Waals surface area (Å²) in [5.74, 6) is 0.908. The first-order valence-corrected chi connectivity index (χ1v) is 10.5. The maximum absolute atomic E-state index is 4.76. The third-order valence-electron chi connectivity index (χ3n) is 4.67. The quantitative estimate of drug-likeness (QED) is 0.434. The third-order valence-corrected chi connectivity index (χ3v) is 4.67. The van der Waals surface area contributed by atoms with E-state index in [1.807, 2.05) is 0 Å². The number of aliphatic imine (C=N–C) groups is 1. The van der Waals surface area contributed by atoms with Crippen molar-refractivity contribution in [3.63, 3.8) is 0 Å². The Bertz CT molecular complexity index is 520. The van der Waals surface area contributed by atoms with Crippen LogP contribution in [-0.4, -0.2) is 62.1 Å². The minimum absolute atomic E-state index is 0.417. The van der Waals surface area contributed by atoms with Crippen molar-refractivity contribution in [3.05, 3.63) is 35.4 Å². The van der Waals surface area contributed by atoms with Gasteiger partial charge in [-0.1, -0.05) is 38.1 Å². The lowest BCUT2D eigenvalue weighted by Crippen LogP contribution is -2.42. The summed E-state index contributed by atoms with van der Waals surface area (Å²) < 4.78 is 0. The molecular weight excluding hydrogens is 334 g/mol. The van der Waals surface area contributed by atoms with Crippen LogP contribution in [0.1, 0.15) is 51.7 Å². The van der Waals surface area contributed by atoms with Crippen LogP contribution in [0.3, 0.4) is 0 Å². The molecule has 2 N–H and O–H groups in total. The highest BCUT2D eigenvalue weighted by molar-refractivity contribution is 5.80. The summed E-state index contributed by atoms with van der Waals surface area (Å²) in [5, 5.41) is 6.91. The second-order valence-electron chi connectivity index (χ2n) is 7.46. The van der Waals surface area contributed by atoms with Crippen LogP contribution in [0.25, 0.3) is 0 Å². The maximum atomic E-state index is 4.76. The Labute approximate surface area is 167 Å². The Morgan fingerprint density at radius 2 is 1.67 bits per heavy atom. The molecule has 0 aliphatic heterocycles. The van der Waals surface area contributed by atoms with Gasteiger partial charge < -0.3 is 20.4 Å². The summed E-state index contributed by atoms with van der Waals surface area (Å²) in [4.78, 5) is 9.42. The number of benzene rings is 1. The lowest BCUT2D eigenvalue weighted by molar-refractivity contribution is 0.292. The van der Waals surface area contributed by atoms with Crippen molar-refractivity contribution in [3.8, 4) is 0 Å². The van der Waals surface area contributed by atoms with Crippen LogP contribution < -0.4 is 10.6 Å². The van der Waals surface area contributed by atoms with Gasteiger partial charge in [0.05, 0.1) is 6.54 Å². The minimum atomic E-state index is 0.417. The fourth-order valence-corrected chi connectivity index (χ4v) is 3.07. The molecule has 0 bridgehead atoms. The van der Waals surface area contributed by atoms with Crippen LogP contribution in [0.5, 0.6) is 0 Å². The standard InChI is InChI=1S/C22H41N5/c1-7-23-22(25-19(4)11-10-16-27(8-2)9-3)24-17-20-12-14-21(15-13-20)18-26(5)6/h12-15,19H,7-11,16-18H2,1-6H3,(H2,23,24,25). The molecule has 1 unspecified atom stereocenters. The van der Waals surface area contributed by atoms with Crippen molar-refractivity contribution in [1.29, 1.82) is 0 Å². The lowest BCUT2D eigenvalue weighted by Gasteiger charge is -2.21. The highest BCUT2D eigenvalue weighted by Crippen LogP contribution is 2.07. The van der Waals surface area contributed by atoms with E-state index in [2.05, 4.69) is 86.5 Å². The highest BCUT2D eigenvalue weighted by Gasteiger charge is 2.06. The summed E-state index contributed by atoms with van der Waals surface area (Å²) in [6, 6.07) is 9.17. The number of nitrogens with one attached hydrogen (secondary N) is 2. The van der Waals surface area contributed by atoms with Gasteiger partial charge in [0, 0.05) is 19.1 Å². The first-order chi connectivity index (χ1) is 13.0. The molecule has 0 radical (unpaired) electrons. The molecule has 1 aromatic carbocycles. The highest BCUT2D eigenvalue weighted by atomic mass is 15.2. The Kier molecular flexibility index (Phi) is 11.8. The largest absolute Gasteiger partial charge is 0.357 e. The van der Waals surface area contributed by atoms with E-state index in [9.17, 15) is 0 Å². The third kappa shape index (κ3) is 10.4. The van der Waals surface area contributed by atoms with E-state index < -0.39 is 0 Å². The van der Waals surface area contributed by atoms with E-state index >= 15 is 0 Å². The van der Waals surface area contributed by atoms with E-state index in [1.165, 1.54) is 24.1 Å². The van der Waals surface area contributed by atoms with Crippen LogP contribution in [0.2, 0.25) is 0 Å². The molecule has 0 amide bonds. The smallest absolute Gasteiger partial charge is 0.191 e. The molecule has 0 saturated heterocycles. The van der Waals surface area contributed by atoms with Gasteiger partial charge >= 0.3 is 0 Å². The molecule has 1 rings (SSSR count). The second-order valence-corrected chi connectivity index (χ2v) is 7.46. The SMILES string of the molecule is CCNC(=NCc1ccc(CN(C)C)cc1)NC(C)CCCN(CC)CC. The van der Waals surface area contributed by atoms with Crippen molar-refractivity contribution in [2.45, 2.75) is 59.7 Å². The molecule has 1 aromatic rings. The maximum Gasteiger partial charge on any atom is 0.191 e. The predicted molar refractivity (Wildman–Crippen MR) is 118 cm³/mol. The number of rotatable bonds is 12. The van der Waals surface area contributed by atoms with Gasteiger partial charge in [-0.25, -0.2) is 4.99 Å². The van der Waals surface area contributed by atoms with E-state index in [4.69, 9.17) is 4.99 Å². The average molecular weight is 376 g/mol. The Balaban J connectivity index is 2.51. The number of hydrogen-bond acceptors (Lipinski definition) is 3. The Morgan fingerprint density at radius 3 is 2.22 bits per heavy atom. The molecule has 0 aromatic heterocycles. The molecule has 154 valence electrons. The van der Waals surface area contributed by atoms with Crippen molar-refractivity contribution < 1.29 is 0 Å². The van der Waals surface area contributed by atoms with Gasteiger partial charge in [0.15, 0.2) is 5.96 Å². The lowest BCUT2D eigenvalue weighted by atomic mass is 10.1. The molecule has 5 heteroatoms. The van der Waals surface area contributed by atoms with Gasteiger partial charge in [0.2, 0.25) is 0 Å². The van der Waals surface area contributed by atoms with Crippen molar-refractivity contribution in [2.75, 3.05) is 40.3 Å². The topological polar surface area (TPSA) is 42.9 Å². The molecule has 27 heavy (non-hydrogen) atoms. The van der Waals surface area contributed by atoms with E-state index in [1.54, 1.807) is 0 Å². The van der Waals surface area contributed by atoms with Crippen LogP contribution in [0, 0.1) is 0 Å². The molecule has 0 aliphatic carbocycles. The molecule has 0 spiro atoms. The number of nitrogens with zero attached hydrogens (tertiary/aromatic N) is 3. The van der Waals surface area contributed by atoms with Crippen LogP contribution >= 0.6 is 0 Å². The molecule has 5 nitrogen and oxygen atoms in total. The zero-order valence-corrected chi connectivity index (χ0v) is 18.4. The van der Waals surface area contributed by atoms with Gasteiger partial charge in [-0.3, -0.25) is 0 Å². The summed E-state index contributed by atoms with van der Waals surface area (Å²) in [7, 11) is 4.19. The van der Waals surface area contributed by atoms with Gasteiger partial charge in [-0.05, 0) is 71.5 Å². The zero-order valence-electron chi connectivity index (χ0n) is 18.4. The van der Waals surface area contributed by atoms with E-state index in [-0.39, 0.29) is 0 Å². The van der Waals surface area contributed by atoms with Crippen molar-refractivity contribution in [1.82, 2.24) is 20.4 Å². The normalized spacial score (nSPS) is 13.3. The van der Waals surface area contributed by atoms with Crippen LogP contribution in [0.15, 0.2) is 29.3 Å². The molecule has 1 atom stereocenters. The summed E-state index contributed by atoms with van der Waals surface area (Å²) in [6.45, 7) is 14.8. The van der Waals surface area contributed by atoms with Gasteiger partial charge in [-0.15, -0.1) is 0 Å². The zero-order chi connectivity index (χ0) is 20.1.